The molecular weight excluding hydrogens is 256 g/mol. The Morgan fingerprint density at radius 2 is 2.05 bits per heavy atom. The normalized spacial score (nSPS) is 19.8. The molecule has 0 aliphatic carbocycles. The smallest absolute Gasteiger partial charge is 0.319 e. The van der Waals surface area contributed by atoms with Crippen molar-refractivity contribution >= 4 is 12.0 Å². The van der Waals surface area contributed by atoms with Gasteiger partial charge in [0.2, 0.25) is 0 Å². The van der Waals surface area contributed by atoms with E-state index in [1.807, 2.05) is 11.9 Å². The molecule has 1 aliphatic heterocycles. The van der Waals surface area contributed by atoms with Crippen LogP contribution in [-0.2, 0) is 4.79 Å². The molecule has 1 aliphatic rings. The van der Waals surface area contributed by atoms with Gasteiger partial charge in [-0.25, -0.2) is 4.79 Å². The van der Waals surface area contributed by atoms with E-state index in [0.29, 0.717) is 6.54 Å². The number of carbonyl (C=O) groups excluding carboxylic acids is 1. The number of amides is 2. The Morgan fingerprint density at radius 1 is 1.40 bits per heavy atom. The summed E-state index contributed by atoms with van der Waals surface area (Å²) in [6.07, 6.45) is 3.82. The molecule has 0 aromatic heterocycles. The zero-order chi connectivity index (χ0) is 15.3. The second-order valence-electron chi connectivity index (χ2n) is 6.37. The van der Waals surface area contributed by atoms with E-state index in [2.05, 4.69) is 6.92 Å². The van der Waals surface area contributed by atoms with E-state index in [-0.39, 0.29) is 11.9 Å². The van der Waals surface area contributed by atoms with Crippen molar-refractivity contribution in [3.8, 4) is 0 Å². The second-order valence-corrected chi connectivity index (χ2v) is 6.37. The van der Waals surface area contributed by atoms with Crippen LogP contribution in [0.3, 0.4) is 0 Å². The van der Waals surface area contributed by atoms with Gasteiger partial charge in [-0.05, 0) is 39.0 Å². The van der Waals surface area contributed by atoms with E-state index in [1.165, 1.54) is 0 Å². The molecule has 20 heavy (non-hydrogen) atoms. The zero-order valence-electron chi connectivity index (χ0n) is 13.2. The minimum absolute atomic E-state index is 0.0253. The van der Waals surface area contributed by atoms with Crippen molar-refractivity contribution in [3.63, 3.8) is 0 Å². The first-order valence-electron chi connectivity index (χ1n) is 7.54. The molecule has 1 heterocycles. The standard InChI is InChI=1S/C15H28N2O3/c1-5-6-9-16(4)14(20)17-10-7-8-12(11-17)15(2,3)13(18)19/h12H,5-11H2,1-4H3,(H,18,19). The second kappa shape index (κ2) is 6.95. The summed E-state index contributed by atoms with van der Waals surface area (Å²) >= 11 is 0. The number of piperidine rings is 1. The summed E-state index contributed by atoms with van der Waals surface area (Å²) < 4.78 is 0. The van der Waals surface area contributed by atoms with Crippen LogP contribution in [-0.4, -0.2) is 53.6 Å². The summed E-state index contributed by atoms with van der Waals surface area (Å²) in [6.45, 7) is 7.67. The van der Waals surface area contributed by atoms with E-state index in [4.69, 9.17) is 0 Å². The van der Waals surface area contributed by atoms with Gasteiger partial charge in [0.1, 0.15) is 0 Å². The third-order valence-electron chi connectivity index (χ3n) is 4.44. The van der Waals surface area contributed by atoms with Crippen LogP contribution in [0.15, 0.2) is 0 Å². The van der Waals surface area contributed by atoms with Gasteiger partial charge < -0.3 is 14.9 Å². The molecule has 1 rings (SSSR count). The van der Waals surface area contributed by atoms with Gasteiger partial charge >= 0.3 is 12.0 Å². The van der Waals surface area contributed by atoms with Gasteiger partial charge in [-0.2, -0.15) is 0 Å². The number of likely N-dealkylation sites (tertiary alicyclic amines) is 1. The molecule has 116 valence electrons. The molecule has 1 fully saturated rings. The number of unbranched alkanes of at least 4 members (excludes halogenated alkanes) is 1. The van der Waals surface area contributed by atoms with E-state index in [0.717, 1.165) is 38.8 Å². The Balaban J connectivity index is 2.65. The molecule has 0 aromatic rings. The van der Waals surface area contributed by atoms with Crippen molar-refractivity contribution < 1.29 is 14.7 Å². The molecule has 5 nitrogen and oxygen atoms in total. The predicted molar refractivity (Wildman–Crippen MR) is 78.6 cm³/mol. The largest absolute Gasteiger partial charge is 0.481 e. The average molecular weight is 284 g/mol. The van der Waals surface area contributed by atoms with Gasteiger partial charge in [-0.3, -0.25) is 4.79 Å². The number of hydrogen-bond acceptors (Lipinski definition) is 2. The van der Waals surface area contributed by atoms with Gasteiger partial charge in [0, 0.05) is 26.7 Å². The Labute approximate surface area is 121 Å². The summed E-state index contributed by atoms with van der Waals surface area (Å²) in [6, 6.07) is 0.0318. The van der Waals surface area contributed by atoms with Gasteiger partial charge in [0.05, 0.1) is 5.41 Å². The molecule has 1 atom stereocenters. The topological polar surface area (TPSA) is 60.9 Å². The minimum atomic E-state index is -0.781. The van der Waals surface area contributed by atoms with Crippen LogP contribution in [0, 0.1) is 11.3 Å². The van der Waals surface area contributed by atoms with E-state index in [9.17, 15) is 14.7 Å². The summed E-state index contributed by atoms with van der Waals surface area (Å²) in [5.41, 5.74) is -0.777. The third kappa shape index (κ3) is 3.87. The number of carboxylic acids is 1. The lowest BCUT2D eigenvalue weighted by atomic mass is 9.74. The highest BCUT2D eigenvalue weighted by atomic mass is 16.4. The number of carbonyl (C=O) groups is 2. The molecule has 0 spiro atoms. The van der Waals surface area contributed by atoms with Gasteiger partial charge in [0.15, 0.2) is 0 Å². The lowest BCUT2D eigenvalue weighted by Gasteiger charge is -2.40. The van der Waals surface area contributed by atoms with E-state index < -0.39 is 11.4 Å². The van der Waals surface area contributed by atoms with Crippen molar-refractivity contribution in [2.75, 3.05) is 26.7 Å². The molecule has 0 radical (unpaired) electrons. The Morgan fingerprint density at radius 3 is 2.60 bits per heavy atom. The number of carboxylic acid groups (broad SMARTS) is 1. The number of nitrogens with zero attached hydrogens (tertiary/aromatic N) is 2. The molecule has 0 saturated carbocycles. The molecule has 1 unspecified atom stereocenters. The highest BCUT2D eigenvalue weighted by Crippen LogP contribution is 2.34. The first-order chi connectivity index (χ1) is 9.30. The highest BCUT2D eigenvalue weighted by Gasteiger charge is 2.40. The maximum absolute atomic E-state index is 12.4. The van der Waals surface area contributed by atoms with Crippen LogP contribution >= 0.6 is 0 Å². The van der Waals surface area contributed by atoms with Crippen molar-refractivity contribution in [2.45, 2.75) is 46.5 Å². The summed E-state index contributed by atoms with van der Waals surface area (Å²) in [7, 11) is 1.82. The number of urea groups is 1. The molecule has 5 heteroatoms. The molecule has 0 bridgehead atoms. The molecular formula is C15H28N2O3. The molecule has 1 N–H and O–H groups in total. The lowest BCUT2D eigenvalue weighted by molar-refractivity contribution is -0.151. The average Bonchev–Trinajstić information content (AvgIpc) is 2.43. The van der Waals surface area contributed by atoms with Crippen LogP contribution in [0.1, 0.15) is 46.5 Å². The van der Waals surface area contributed by atoms with Gasteiger partial charge in [0.25, 0.3) is 0 Å². The summed E-state index contributed by atoms with van der Waals surface area (Å²) in [5.74, 6) is -0.756. The van der Waals surface area contributed by atoms with Crippen molar-refractivity contribution in [1.29, 1.82) is 0 Å². The van der Waals surface area contributed by atoms with Gasteiger partial charge in [-0.1, -0.05) is 13.3 Å². The van der Waals surface area contributed by atoms with E-state index >= 15 is 0 Å². The van der Waals surface area contributed by atoms with Crippen LogP contribution in [0.2, 0.25) is 0 Å². The fourth-order valence-electron chi connectivity index (χ4n) is 2.65. The Hall–Kier alpha value is -1.26. The molecule has 2 amide bonds. The van der Waals surface area contributed by atoms with Crippen molar-refractivity contribution in [3.05, 3.63) is 0 Å². The molecule has 0 aromatic carbocycles. The third-order valence-corrected chi connectivity index (χ3v) is 4.44. The van der Waals surface area contributed by atoms with Crippen LogP contribution in [0.4, 0.5) is 4.79 Å². The van der Waals surface area contributed by atoms with Crippen molar-refractivity contribution in [1.82, 2.24) is 9.80 Å². The maximum atomic E-state index is 12.4. The zero-order valence-corrected chi connectivity index (χ0v) is 13.2. The predicted octanol–water partition coefficient (Wildman–Crippen LogP) is 2.66. The Kier molecular flexibility index (Phi) is 5.84. The highest BCUT2D eigenvalue weighted by molar-refractivity contribution is 5.76. The number of hydrogen-bond donors (Lipinski definition) is 1. The van der Waals surface area contributed by atoms with E-state index in [1.54, 1.807) is 18.7 Å². The van der Waals surface area contributed by atoms with Crippen molar-refractivity contribution in [2.24, 2.45) is 11.3 Å². The maximum Gasteiger partial charge on any atom is 0.319 e. The van der Waals surface area contributed by atoms with Gasteiger partial charge in [-0.15, -0.1) is 0 Å². The fraction of sp³-hybridized carbons (Fsp3) is 0.867. The number of rotatable bonds is 5. The summed E-state index contributed by atoms with van der Waals surface area (Å²) in [4.78, 5) is 27.3. The quantitative estimate of drug-likeness (QED) is 0.844. The van der Waals surface area contributed by atoms with Crippen LogP contribution in [0.25, 0.3) is 0 Å². The summed E-state index contributed by atoms with van der Waals surface area (Å²) in [5, 5.41) is 9.33. The Bertz CT molecular complexity index is 355. The molecule has 1 saturated heterocycles. The lowest BCUT2D eigenvalue weighted by Crippen LogP contribution is -2.50. The van der Waals surface area contributed by atoms with Crippen LogP contribution < -0.4 is 0 Å². The first kappa shape index (κ1) is 16.8. The van der Waals surface area contributed by atoms with Crippen LogP contribution in [0.5, 0.6) is 0 Å². The number of aliphatic carboxylic acids is 1. The monoisotopic (exact) mass is 284 g/mol. The first-order valence-corrected chi connectivity index (χ1v) is 7.54. The fourth-order valence-corrected chi connectivity index (χ4v) is 2.65. The SMILES string of the molecule is CCCCN(C)C(=O)N1CCCC(C(C)(C)C(=O)O)C1. The minimum Gasteiger partial charge on any atom is -0.481 e.